The molecule has 3 heterocycles. The summed E-state index contributed by atoms with van der Waals surface area (Å²) in [5, 5.41) is 7.29. The molecule has 36 heavy (non-hydrogen) atoms. The fraction of sp³-hybridized carbons (Fsp3) is 0.393. The molecule has 188 valence electrons. The van der Waals surface area contributed by atoms with Gasteiger partial charge in [0.15, 0.2) is 5.65 Å². The second-order valence-electron chi connectivity index (χ2n) is 11.0. The molecule has 2 aromatic carbocycles. The minimum atomic E-state index is -0.390. The van der Waals surface area contributed by atoms with Gasteiger partial charge in [-0.2, -0.15) is 4.98 Å². The first-order valence-corrected chi connectivity index (χ1v) is 12.4. The zero-order valence-corrected chi connectivity index (χ0v) is 21.7. The molecule has 2 N–H and O–H groups in total. The van der Waals surface area contributed by atoms with Crippen molar-refractivity contribution < 1.29 is 4.39 Å². The van der Waals surface area contributed by atoms with Crippen molar-refractivity contribution in [3.63, 3.8) is 0 Å². The molecule has 2 aromatic heterocycles. The van der Waals surface area contributed by atoms with Crippen LogP contribution in [0.2, 0.25) is 0 Å². The summed E-state index contributed by atoms with van der Waals surface area (Å²) in [5.74, 6) is 0.131. The minimum absolute atomic E-state index is 0.0677. The lowest BCUT2D eigenvalue weighted by atomic mass is 9.85. The van der Waals surface area contributed by atoms with E-state index in [0.717, 1.165) is 18.7 Å². The summed E-state index contributed by atoms with van der Waals surface area (Å²) >= 11 is 0. The molecule has 0 spiro atoms. The van der Waals surface area contributed by atoms with Gasteiger partial charge in [-0.05, 0) is 86.2 Å². The number of nitrogens with one attached hydrogen (secondary N) is 2. The van der Waals surface area contributed by atoms with Crippen molar-refractivity contribution >= 4 is 22.7 Å². The fourth-order valence-corrected chi connectivity index (χ4v) is 5.08. The van der Waals surface area contributed by atoms with Gasteiger partial charge in [0, 0.05) is 24.0 Å². The van der Waals surface area contributed by atoms with Gasteiger partial charge < -0.3 is 10.6 Å². The van der Waals surface area contributed by atoms with Gasteiger partial charge in [-0.1, -0.05) is 26.8 Å². The van der Waals surface area contributed by atoms with E-state index < -0.39 is 5.41 Å². The summed E-state index contributed by atoms with van der Waals surface area (Å²) in [6.45, 7) is 13.6. The zero-order valence-electron chi connectivity index (χ0n) is 21.7. The number of halogens is 1. The van der Waals surface area contributed by atoms with Gasteiger partial charge in [0.25, 0.3) is 5.56 Å². The molecule has 0 unspecified atom stereocenters. The normalized spacial score (nSPS) is 15.2. The van der Waals surface area contributed by atoms with E-state index in [4.69, 9.17) is 4.98 Å². The first kappa shape index (κ1) is 24.2. The van der Waals surface area contributed by atoms with Gasteiger partial charge in [-0.15, -0.1) is 0 Å². The largest absolute Gasteiger partial charge is 0.324 e. The van der Waals surface area contributed by atoms with Gasteiger partial charge in [0.1, 0.15) is 11.2 Å². The van der Waals surface area contributed by atoms with Crippen LogP contribution in [-0.4, -0.2) is 25.9 Å². The number of hydrogen-bond donors (Lipinski definition) is 2. The van der Waals surface area contributed by atoms with Crippen LogP contribution in [0.25, 0.3) is 16.7 Å². The monoisotopic (exact) mass is 488 g/mol. The Labute approximate surface area is 210 Å². The SMILES string of the molecule is CCn1c(=O)c2cnc(Nc3ccc4c(c3)CCNC4(C)C)nc2n1-c1ccc(F)c(C(C)(C)C)c1. The summed E-state index contributed by atoms with van der Waals surface area (Å²) < 4.78 is 18.0. The van der Waals surface area contributed by atoms with Crippen LogP contribution < -0.4 is 16.2 Å². The summed E-state index contributed by atoms with van der Waals surface area (Å²) in [6, 6.07) is 11.2. The highest BCUT2D eigenvalue weighted by atomic mass is 19.1. The maximum atomic E-state index is 14.6. The van der Waals surface area contributed by atoms with E-state index >= 15 is 0 Å². The number of aromatic nitrogens is 4. The number of hydrogen-bond acceptors (Lipinski definition) is 5. The Balaban J connectivity index is 1.60. The van der Waals surface area contributed by atoms with Gasteiger partial charge in [-0.25, -0.2) is 18.7 Å². The third-order valence-corrected chi connectivity index (χ3v) is 6.97. The van der Waals surface area contributed by atoms with Crippen molar-refractivity contribution in [1.82, 2.24) is 24.6 Å². The molecule has 0 saturated heterocycles. The Kier molecular flexibility index (Phi) is 5.75. The molecule has 0 saturated carbocycles. The Hall–Kier alpha value is -3.52. The molecule has 0 aliphatic carbocycles. The molecule has 1 aliphatic heterocycles. The third kappa shape index (κ3) is 4.09. The van der Waals surface area contributed by atoms with Crippen LogP contribution >= 0.6 is 0 Å². The van der Waals surface area contributed by atoms with Crippen molar-refractivity contribution in [2.45, 2.75) is 65.5 Å². The van der Waals surface area contributed by atoms with Crippen molar-refractivity contribution in [2.75, 3.05) is 11.9 Å². The van der Waals surface area contributed by atoms with Crippen molar-refractivity contribution in [3.05, 3.63) is 75.5 Å². The topological polar surface area (TPSA) is 76.8 Å². The average Bonchev–Trinajstić information content (AvgIpc) is 3.09. The molecular formula is C28H33FN6O. The number of benzene rings is 2. The van der Waals surface area contributed by atoms with Crippen LogP contribution in [-0.2, 0) is 23.9 Å². The van der Waals surface area contributed by atoms with Gasteiger partial charge >= 0.3 is 0 Å². The van der Waals surface area contributed by atoms with Gasteiger partial charge in [0.05, 0.1) is 5.69 Å². The smallest absolute Gasteiger partial charge is 0.278 e. The Morgan fingerprint density at radius 1 is 1.17 bits per heavy atom. The zero-order chi connectivity index (χ0) is 25.8. The molecule has 7 nitrogen and oxygen atoms in total. The predicted octanol–water partition coefficient (Wildman–Crippen LogP) is 5.16. The molecule has 1 aliphatic rings. The lowest BCUT2D eigenvalue weighted by molar-refractivity contribution is 0.382. The first-order valence-electron chi connectivity index (χ1n) is 12.4. The van der Waals surface area contributed by atoms with Gasteiger partial charge in [0.2, 0.25) is 5.95 Å². The van der Waals surface area contributed by atoms with E-state index in [1.165, 1.54) is 17.2 Å². The van der Waals surface area contributed by atoms with E-state index in [1.807, 2.05) is 33.8 Å². The summed E-state index contributed by atoms with van der Waals surface area (Å²) in [6.07, 6.45) is 2.52. The van der Waals surface area contributed by atoms with Crippen molar-refractivity contribution in [2.24, 2.45) is 0 Å². The molecule has 0 amide bonds. The summed E-state index contributed by atoms with van der Waals surface area (Å²) in [4.78, 5) is 22.3. The van der Waals surface area contributed by atoms with Crippen molar-refractivity contribution in [1.29, 1.82) is 0 Å². The summed E-state index contributed by atoms with van der Waals surface area (Å²) in [5.41, 5.74) is 4.58. The fourth-order valence-electron chi connectivity index (χ4n) is 5.08. The van der Waals surface area contributed by atoms with Crippen LogP contribution in [0.15, 0.2) is 47.4 Å². The standard InChI is InChI=1S/C28H33FN6O/c1-7-34-25(36)20-16-30-26(32-18-8-10-21-17(14-18)12-13-31-28(21,5)6)33-24(20)35(34)19-9-11-23(29)22(15-19)27(2,3)4/h8-11,14-16,31H,7,12-13H2,1-6H3,(H,30,32,33). The van der Waals surface area contributed by atoms with E-state index in [-0.39, 0.29) is 16.9 Å². The molecule has 0 radical (unpaired) electrons. The highest BCUT2D eigenvalue weighted by molar-refractivity contribution is 5.77. The molecule has 5 rings (SSSR count). The second-order valence-corrected chi connectivity index (χ2v) is 11.0. The van der Waals surface area contributed by atoms with E-state index in [0.29, 0.717) is 34.8 Å². The van der Waals surface area contributed by atoms with Crippen LogP contribution in [0.5, 0.6) is 0 Å². The Bertz CT molecular complexity index is 1530. The average molecular weight is 489 g/mol. The van der Waals surface area contributed by atoms with E-state index in [1.54, 1.807) is 27.7 Å². The Morgan fingerprint density at radius 2 is 1.94 bits per heavy atom. The van der Waals surface area contributed by atoms with Crippen LogP contribution in [0, 0.1) is 5.82 Å². The Morgan fingerprint density at radius 3 is 2.67 bits per heavy atom. The summed E-state index contributed by atoms with van der Waals surface area (Å²) in [7, 11) is 0. The lowest BCUT2D eigenvalue weighted by Crippen LogP contribution is -2.42. The molecule has 4 aromatic rings. The predicted molar refractivity (Wildman–Crippen MR) is 142 cm³/mol. The molecular weight excluding hydrogens is 455 g/mol. The molecule has 8 heteroatoms. The van der Waals surface area contributed by atoms with E-state index in [2.05, 4.69) is 41.6 Å². The quantitative estimate of drug-likeness (QED) is 0.415. The molecule has 0 atom stereocenters. The maximum absolute atomic E-state index is 14.6. The number of fused-ring (bicyclic) bond motifs is 2. The first-order chi connectivity index (χ1) is 17.0. The van der Waals surface area contributed by atoms with E-state index in [9.17, 15) is 9.18 Å². The number of anilines is 2. The number of nitrogens with zero attached hydrogens (tertiary/aromatic N) is 4. The number of rotatable bonds is 4. The highest BCUT2D eigenvalue weighted by Crippen LogP contribution is 2.31. The molecule has 0 fully saturated rings. The third-order valence-electron chi connectivity index (χ3n) is 6.97. The van der Waals surface area contributed by atoms with Crippen LogP contribution in [0.3, 0.4) is 0 Å². The van der Waals surface area contributed by atoms with Crippen LogP contribution in [0.1, 0.15) is 58.2 Å². The van der Waals surface area contributed by atoms with Crippen molar-refractivity contribution in [3.8, 4) is 5.69 Å². The van der Waals surface area contributed by atoms with Gasteiger partial charge in [-0.3, -0.25) is 4.79 Å². The maximum Gasteiger partial charge on any atom is 0.278 e. The van der Waals surface area contributed by atoms with Crippen LogP contribution in [0.4, 0.5) is 16.0 Å². The lowest BCUT2D eigenvalue weighted by Gasteiger charge is -2.34. The highest BCUT2D eigenvalue weighted by Gasteiger charge is 2.27. The second kappa shape index (κ2) is 8.55. The molecule has 0 bridgehead atoms. The minimum Gasteiger partial charge on any atom is -0.324 e.